The summed E-state index contributed by atoms with van der Waals surface area (Å²) in [6.45, 7) is 2.66. The number of para-hydroxylation sites is 1. The minimum atomic E-state index is -0.285. The number of rotatable bonds is 2. The molecule has 2 aromatic rings. The van der Waals surface area contributed by atoms with Crippen LogP contribution in [0, 0.1) is 0 Å². The van der Waals surface area contributed by atoms with Crippen molar-refractivity contribution in [3.8, 4) is 0 Å². The van der Waals surface area contributed by atoms with Gasteiger partial charge in [0, 0.05) is 37.1 Å². The van der Waals surface area contributed by atoms with Crippen LogP contribution in [0.15, 0.2) is 39.5 Å². The number of fused-ring (bicyclic) bond motifs is 1. The molecule has 94 valence electrons. The first-order valence-electron chi connectivity index (χ1n) is 6.22. The van der Waals surface area contributed by atoms with E-state index in [-0.39, 0.29) is 11.7 Å². The highest BCUT2D eigenvalue weighted by Crippen LogP contribution is 2.19. The van der Waals surface area contributed by atoms with Gasteiger partial charge in [0.25, 0.3) is 0 Å². The molecular weight excluding hydrogens is 228 g/mol. The number of nitrogens with two attached hydrogens (primary N) is 1. The second-order valence-electron chi connectivity index (χ2n) is 4.87. The van der Waals surface area contributed by atoms with Crippen LogP contribution in [0.5, 0.6) is 0 Å². The summed E-state index contributed by atoms with van der Waals surface area (Å²) in [4.78, 5) is 13.8. The molecule has 0 spiro atoms. The maximum absolute atomic E-state index is 11.5. The summed E-state index contributed by atoms with van der Waals surface area (Å²) in [5.41, 5.74) is 7.29. The Labute approximate surface area is 105 Å². The van der Waals surface area contributed by atoms with Crippen molar-refractivity contribution in [2.45, 2.75) is 19.0 Å². The molecule has 4 nitrogen and oxygen atoms in total. The topological polar surface area (TPSA) is 59.5 Å². The maximum Gasteiger partial charge on any atom is 0.336 e. The zero-order chi connectivity index (χ0) is 12.5. The van der Waals surface area contributed by atoms with E-state index in [1.807, 2.05) is 24.3 Å². The number of benzene rings is 1. The summed E-state index contributed by atoms with van der Waals surface area (Å²) in [5, 5.41) is 1.01. The molecule has 18 heavy (non-hydrogen) atoms. The Bertz CT molecular complexity index is 620. The number of hydrogen-bond acceptors (Lipinski definition) is 4. The lowest BCUT2D eigenvalue weighted by Gasteiger charge is -2.15. The van der Waals surface area contributed by atoms with Gasteiger partial charge in [0.05, 0.1) is 0 Å². The largest absolute Gasteiger partial charge is 0.423 e. The number of hydrogen-bond donors (Lipinski definition) is 1. The summed E-state index contributed by atoms with van der Waals surface area (Å²) >= 11 is 0. The predicted molar refractivity (Wildman–Crippen MR) is 70.4 cm³/mol. The first kappa shape index (κ1) is 11.4. The first-order chi connectivity index (χ1) is 8.72. The van der Waals surface area contributed by atoms with E-state index in [1.54, 1.807) is 6.07 Å². The van der Waals surface area contributed by atoms with Gasteiger partial charge in [0.15, 0.2) is 0 Å². The third-order valence-corrected chi connectivity index (χ3v) is 3.44. The third-order valence-electron chi connectivity index (χ3n) is 3.44. The molecular formula is C14H16N2O2. The second kappa shape index (κ2) is 4.55. The van der Waals surface area contributed by atoms with Gasteiger partial charge in [0.2, 0.25) is 0 Å². The molecule has 2 heterocycles. The molecule has 1 aromatic heterocycles. The van der Waals surface area contributed by atoms with Crippen LogP contribution in [-0.4, -0.2) is 24.0 Å². The molecule has 0 amide bonds. The summed E-state index contributed by atoms with van der Waals surface area (Å²) in [6.07, 6.45) is 1.03. The molecule has 3 rings (SSSR count). The molecule has 2 N–H and O–H groups in total. The molecule has 0 radical (unpaired) electrons. The standard InChI is InChI=1S/C14H16N2O2/c15-11-5-6-16(9-11)8-10-7-14(17)18-13-4-2-1-3-12(10)13/h1-4,7,11H,5-6,8-9,15H2/t11-/m0/s1. The second-order valence-corrected chi connectivity index (χ2v) is 4.87. The van der Waals surface area contributed by atoms with E-state index in [4.69, 9.17) is 10.2 Å². The lowest BCUT2D eigenvalue weighted by Crippen LogP contribution is -2.26. The van der Waals surface area contributed by atoms with E-state index in [0.29, 0.717) is 5.58 Å². The Morgan fingerprint density at radius 1 is 1.39 bits per heavy atom. The molecule has 1 aromatic carbocycles. The summed E-state index contributed by atoms with van der Waals surface area (Å²) < 4.78 is 5.19. The molecule has 1 fully saturated rings. The predicted octanol–water partition coefficient (Wildman–Crippen LogP) is 1.33. The van der Waals surface area contributed by atoms with Crippen LogP contribution in [0.2, 0.25) is 0 Å². The minimum Gasteiger partial charge on any atom is -0.423 e. The van der Waals surface area contributed by atoms with Crippen molar-refractivity contribution < 1.29 is 4.42 Å². The van der Waals surface area contributed by atoms with Crippen molar-refractivity contribution in [1.29, 1.82) is 0 Å². The Morgan fingerprint density at radius 3 is 3.00 bits per heavy atom. The lowest BCUT2D eigenvalue weighted by atomic mass is 10.1. The van der Waals surface area contributed by atoms with Gasteiger partial charge in [-0.15, -0.1) is 0 Å². The summed E-state index contributed by atoms with van der Waals surface area (Å²) in [7, 11) is 0. The Hall–Kier alpha value is -1.65. The fraction of sp³-hybridized carbons (Fsp3) is 0.357. The van der Waals surface area contributed by atoms with Crippen LogP contribution in [0.25, 0.3) is 11.0 Å². The van der Waals surface area contributed by atoms with Crippen molar-refractivity contribution in [3.63, 3.8) is 0 Å². The Balaban J connectivity index is 1.98. The van der Waals surface area contributed by atoms with Gasteiger partial charge in [-0.3, -0.25) is 4.90 Å². The van der Waals surface area contributed by atoms with E-state index in [9.17, 15) is 4.79 Å². The monoisotopic (exact) mass is 244 g/mol. The van der Waals surface area contributed by atoms with Crippen molar-refractivity contribution >= 4 is 11.0 Å². The maximum atomic E-state index is 11.5. The Kier molecular flexibility index (Phi) is 2.89. The van der Waals surface area contributed by atoms with Gasteiger partial charge in [-0.1, -0.05) is 18.2 Å². The van der Waals surface area contributed by atoms with E-state index in [2.05, 4.69) is 4.90 Å². The van der Waals surface area contributed by atoms with Gasteiger partial charge in [-0.25, -0.2) is 4.79 Å². The smallest absolute Gasteiger partial charge is 0.336 e. The number of likely N-dealkylation sites (tertiary alicyclic amines) is 1. The van der Waals surface area contributed by atoms with Crippen LogP contribution in [0.1, 0.15) is 12.0 Å². The van der Waals surface area contributed by atoms with E-state index >= 15 is 0 Å². The molecule has 0 unspecified atom stereocenters. The van der Waals surface area contributed by atoms with Crippen LogP contribution in [0.3, 0.4) is 0 Å². The molecule has 0 aliphatic carbocycles. The fourth-order valence-corrected chi connectivity index (χ4v) is 2.56. The number of nitrogens with zero attached hydrogens (tertiary/aromatic N) is 1. The van der Waals surface area contributed by atoms with Crippen molar-refractivity contribution in [2.75, 3.05) is 13.1 Å². The molecule has 0 saturated carbocycles. The van der Waals surface area contributed by atoms with Gasteiger partial charge in [-0.05, 0) is 18.1 Å². The Morgan fingerprint density at radius 2 is 2.22 bits per heavy atom. The average molecular weight is 244 g/mol. The fourth-order valence-electron chi connectivity index (χ4n) is 2.56. The van der Waals surface area contributed by atoms with Crippen molar-refractivity contribution in [3.05, 3.63) is 46.3 Å². The molecule has 1 atom stereocenters. The summed E-state index contributed by atoms with van der Waals surface area (Å²) in [5.74, 6) is 0. The normalized spacial score (nSPS) is 20.6. The molecule has 0 bridgehead atoms. The summed E-state index contributed by atoms with van der Waals surface area (Å²) in [6, 6.07) is 9.50. The van der Waals surface area contributed by atoms with Crippen LogP contribution < -0.4 is 11.4 Å². The van der Waals surface area contributed by atoms with Crippen LogP contribution in [0.4, 0.5) is 0 Å². The quantitative estimate of drug-likeness (QED) is 0.810. The van der Waals surface area contributed by atoms with Gasteiger partial charge < -0.3 is 10.2 Å². The first-order valence-corrected chi connectivity index (χ1v) is 6.22. The van der Waals surface area contributed by atoms with E-state index < -0.39 is 0 Å². The highest BCUT2D eigenvalue weighted by Gasteiger charge is 2.19. The third kappa shape index (κ3) is 2.17. The average Bonchev–Trinajstić information content (AvgIpc) is 2.74. The molecule has 1 saturated heterocycles. The lowest BCUT2D eigenvalue weighted by molar-refractivity contribution is 0.327. The molecule has 1 aliphatic heterocycles. The van der Waals surface area contributed by atoms with Crippen LogP contribution >= 0.6 is 0 Å². The van der Waals surface area contributed by atoms with Crippen molar-refractivity contribution in [1.82, 2.24) is 4.90 Å². The zero-order valence-corrected chi connectivity index (χ0v) is 10.1. The minimum absolute atomic E-state index is 0.261. The molecule has 4 heteroatoms. The van der Waals surface area contributed by atoms with E-state index in [0.717, 1.165) is 37.0 Å². The zero-order valence-electron chi connectivity index (χ0n) is 10.1. The van der Waals surface area contributed by atoms with Crippen LogP contribution in [-0.2, 0) is 6.54 Å². The van der Waals surface area contributed by atoms with Gasteiger partial charge >= 0.3 is 5.63 Å². The molecule has 1 aliphatic rings. The van der Waals surface area contributed by atoms with Crippen molar-refractivity contribution in [2.24, 2.45) is 5.73 Å². The highest BCUT2D eigenvalue weighted by atomic mass is 16.4. The highest BCUT2D eigenvalue weighted by molar-refractivity contribution is 5.79. The van der Waals surface area contributed by atoms with Gasteiger partial charge in [-0.2, -0.15) is 0 Å². The SMILES string of the molecule is N[C@H]1CCN(Cc2cc(=O)oc3ccccc23)C1. The van der Waals surface area contributed by atoms with Gasteiger partial charge in [0.1, 0.15) is 5.58 Å². The van der Waals surface area contributed by atoms with E-state index in [1.165, 1.54) is 0 Å².